The fraction of sp³-hybridized carbons (Fsp3) is 0.643. The van der Waals surface area contributed by atoms with E-state index in [0.717, 1.165) is 5.69 Å². The molecule has 1 saturated heterocycles. The van der Waals surface area contributed by atoms with Crippen LogP contribution < -0.4 is 10.6 Å². The summed E-state index contributed by atoms with van der Waals surface area (Å²) in [4.78, 5) is 24.0. The highest BCUT2D eigenvalue weighted by Gasteiger charge is 2.30. The molecule has 7 nitrogen and oxygen atoms in total. The predicted octanol–water partition coefficient (Wildman–Crippen LogP) is 1.50. The SMILES string of the molecule is C[C@H]1CN(C(=O)OC(C)(C)C)CCN1c1cnc(N)nc1. The third-order valence-electron chi connectivity index (χ3n) is 3.27. The van der Waals surface area contributed by atoms with E-state index in [4.69, 9.17) is 10.5 Å². The van der Waals surface area contributed by atoms with Crippen molar-refractivity contribution in [2.45, 2.75) is 39.3 Å². The van der Waals surface area contributed by atoms with Gasteiger partial charge in [0.1, 0.15) is 5.60 Å². The standard InChI is InChI=1S/C14H23N5O2/c1-10-9-18(13(20)21-14(2,3)4)5-6-19(10)11-7-16-12(15)17-8-11/h7-8,10H,5-6,9H2,1-4H3,(H2,15,16,17)/t10-/m0/s1. The molecule has 0 bridgehead atoms. The Labute approximate surface area is 125 Å². The lowest BCUT2D eigenvalue weighted by Gasteiger charge is -2.41. The van der Waals surface area contributed by atoms with E-state index < -0.39 is 5.60 Å². The van der Waals surface area contributed by atoms with Gasteiger partial charge in [0, 0.05) is 25.7 Å². The first-order valence-electron chi connectivity index (χ1n) is 7.08. The second-order valence-electron chi connectivity index (χ2n) is 6.27. The second-order valence-corrected chi connectivity index (χ2v) is 6.27. The number of carbonyl (C=O) groups is 1. The van der Waals surface area contributed by atoms with Crippen molar-refractivity contribution in [3.63, 3.8) is 0 Å². The van der Waals surface area contributed by atoms with E-state index in [1.54, 1.807) is 17.3 Å². The van der Waals surface area contributed by atoms with Crippen LogP contribution in [0.5, 0.6) is 0 Å². The highest BCUT2D eigenvalue weighted by molar-refractivity contribution is 5.68. The number of nitrogen functional groups attached to an aromatic ring is 1. The molecule has 1 fully saturated rings. The molecule has 1 atom stereocenters. The molecule has 0 aliphatic carbocycles. The van der Waals surface area contributed by atoms with Crippen LogP contribution in [0.2, 0.25) is 0 Å². The van der Waals surface area contributed by atoms with Gasteiger partial charge in [-0.3, -0.25) is 0 Å². The first-order valence-corrected chi connectivity index (χ1v) is 7.08. The summed E-state index contributed by atoms with van der Waals surface area (Å²) in [6.07, 6.45) is 3.16. The minimum Gasteiger partial charge on any atom is -0.444 e. The molecular formula is C14H23N5O2. The molecule has 1 amide bonds. The van der Waals surface area contributed by atoms with Crippen molar-refractivity contribution in [2.75, 3.05) is 30.3 Å². The molecule has 0 radical (unpaired) electrons. The van der Waals surface area contributed by atoms with Crippen molar-refractivity contribution in [2.24, 2.45) is 0 Å². The Bertz CT molecular complexity index is 497. The van der Waals surface area contributed by atoms with Crippen LogP contribution in [0.25, 0.3) is 0 Å². The minimum atomic E-state index is -0.470. The highest BCUT2D eigenvalue weighted by Crippen LogP contribution is 2.20. The number of aromatic nitrogens is 2. The van der Waals surface area contributed by atoms with Crippen molar-refractivity contribution in [1.82, 2.24) is 14.9 Å². The van der Waals surface area contributed by atoms with Gasteiger partial charge in [-0.05, 0) is 27.7 Å². The topological polar surface area (TPSA) is 84.6 Å². The van der Waals surface area contributed by atoms with E-state index >= 15 is 0 Å². The average Bonchev–Trinajstić information content (AvgIpc) is 2.38. The van der Waals surface area contributed by atoms with Gasteiger partial charge in [-0.15, -0.1) is 0 Å². The van der Waals surface area contributed by atoms with Gasteiger partial charge in [0.2, 0.25) is 5.95 Å². The number of nitrogens with zero attached hydrogens (tertiary/aromatic N) is 4. The molecule has 21 heavy (non-hydrogen) atoms. The summed E-state index contributed by atoms with van der Waals surface area (Å²) in [5.74, 6) is 0.263. The number of amides is 1. The number of rotatable bonds is 1. The minimum absolute atomic E-state index is 0.165. The first kappa shape index (κ1) is 15.3. The summed E-state index contributed by atoms with van der Waals surface area (Å²) in [5.41, 5.74) is 5.95. The molecule has 1 aromatic rings. The predicted molar refractivity (Wildman–Crippen MR) is 81.1 cm³/mol. The fourth-order valence-electron chi connectivity index (χ4n) is 2.31. The van der Waals surface area contributed by atoms with Gasteiger partial charge in [-0.2, -0.15) is 0 Å². The van der Waals surface area contributed by atoms with E-state index in [0.29, 0.717) is 19.6 Å². The number of anilines is 2. The van der Waals surface area contributed by atoms with Crippen LogP contribution >= 0.6 is 0 Å². The van der Waals surface area contributed by atoms with Crippen LogP contribution in [0.4, 0.5) is 16.4 Å². The van der Waals surface area contributed by atoms with Crippen molar-refractivity contribution >= 4 is 17.7 Å². The van der Waals surface area contributed by atoms with Crippen LogP contribution in [0.3, 0.4) is 0 Å². The molecule has 116 valence electrons. The normalized spacial score (nSPS) is 19.5. The van der Waals surface area contributed by atoms with Crippen LogP contribution in [-0.2, 0) is 4.74 Å². The molecule has 2 N–H and O–H groups in total. The molecule has 2 rings (SSSR count). The Kier molecular flexibility index (Phi) is 4.20. The third-order valence-corrected chi connectivity index (χ3v) is 3.27. The van der Waals surface area contributed by atoms with E-state index in [9.17, 15) is 4.79 Å². The molecule has 1 aromatic heterocycles. The molecule has 1 aliphatic heterocycles. The molecule has 0 saturated carbocycles. The van der Waals surface area contributed by atoms with Crippen molar-refractivity contribution in [3.8, 4) is 0 Å². The van der Waals surface area contributed by atoms with Crippen LogP contribution in [0.1, 0.15) is 27.7 Å². The molecule has 7 heteroatoms. The Morgan fingerprint density at radius 2 is 1.95 bits per heavy atom. The zero-order chi connectivity index (χ0) is 15.6. The van der Waals surface area contributed by atoms with Crippen LogP contribution in [0, 0.1) is 0 Å². The fourth-order valence-corrected chi connectivity index (χ4v) is 2.31. The number of nitrogens with two attached hydrogens (primary N) is 1. The molecule has 0 unspecified atom stereocenters. The first-order chi connectivity index (χ1) is 9.76. The third kappa shape index (κ3) is 3.96. The molecule has 2 heterocycles. The van der Waals surface area contributed by atoms with Crippen molar-refractivity contribution in [1.29, 1.82) is 0 Å². The van der Waals surface area contributed by atoms with Crippen molar-refractivity contribution < 1.29 is 9.53 Å². The average molecular weight is 293 g/mol. The summed E-state index contributed by atoms with van der Waals surface area (Å²) in [6.45, 7) is 9.62. The smallest absolute Gasteiger partial charge is 0.410 e. The monoisotopic (exact) mass is 293 g/mol. The molecular weight excluding hydrogens is 270 g/mol. The van der Waals surface area contributed by atoms with E-state index in [1.807, 2.05) is 20.8 Å². The summed E-state index contributed by atoms with van der Waals surface area (Å²) >= 11 is 0. The van der Waals surface area contributed by atoms with Crippen molar-refractivity contribution in [3.05, 3.63) is 12.4 Å². The quantitative estimate of drug-likeness (QED) is 0.844. The zero-order valence-electron chi connectivity index (χ0n) is 13.0. The molecule has 0 spiro atoms. The summed E-state index contributed by atoms with van der Waals surface area (Å²) in [6, 6.07) is 0.165. The van der Waals surface area contributed by atoms with E-state index in [-0.39, 0.29) is 18.1 Å². The van der Waals surface area contributed by atoms with Gasteiger partial charge in [0.15, 0.2) is 0 Å². The van der Waals surface area contributed by atoms with Gasteiger partial charge in [0.25, 0.3) is 0 Å². The number of ether oxygens (including phenoxy) is 1. The maximum atomic E-state index is 12.1. The van der Waals surface area contributed by atoms with Gasteiger partial charge in [0.05, 0.1) is 18.1 Å². The van der Waals surface area contributed by atoms with Gasteiger partial charge < -0.3 is 20.3 Å². The Hall–Kier alpha value is -2.05. The lowest BCUT2D eigenvalue weighted by molar-refractivity contribution is 0.0219. The summed E-state index contributed by atoms with van der Waals surface area (Å²) < 4.78 is 5.41. The summed E-state index contributed by atoms with van der Waals surface area (Å²) in [7, 11) is 0. The number of hydrogen-bond acceptors (Lipinski definition) is 6. The van der Waals surface area contributed by atoms with Gasteiger partial charge in [-0.25, -0.2) is 14.8 Å². The zero-order valence-corrected chi connectivity index (χ0v) is 13.0. The Morgan fingerprint density at radius 3 is 2.48 bits per heavy atom. The van der Waals surface area contributed by atoms with Gasteiger partial charge in [-0.1, -0.05) is 0 Å². The lowest BCUT2D eigenvalue weighted by atomic mass is 10.2. The Morgan fingerprint density at radius 1 is 1.33 bits per heavy atom. The maximum absolute atomic E-state index is 12.1. The van der Waals surface area contributed by atoms with E-state index in [2.05, 4.69) is 21.8 Å². The Balaban J connectivity index is 1.99. The summed E-state index contributed by atoms with van der Waals surface area (Å²) in [5, 5.41) is 0. The largest absolute Gasteiger partial charge is 0.444 e. The van der Waals surface area contributed by atoms with Gasteiger partial charge >= 0.3 is 6.09 Å². The number of piperazine rings is 1. The molecule has 1 aliphatic rings. The highest BCUT2D eigenvalue weighted by atomic mass is 16.6. The van der Waals surface area contributed by atoms with Crippen LogP contribution in [-0.4, -0.2) is 52.2 Å². The number of carbonyl (C=O) groups excluding carboxylic acids is 1. The van der Waals surface area contributed by atoms with Crippen LogP contribution in [0.15, 0.2) is 12.4 Å². The number of hydrogen-bond donors (Lipinski definition) is 1. The lowest BCUT2D eigenvalue weighted by Crippen LogP contribution is -2.54. The maximum Gasteiger partial charge on any atom is 0.410 e. The molecule has 0 aromatic carbocycles. The van der Waals surface area contributed by atoms with E-state index in [1.165, 1.54) is 0 Å². The second kappa shape index (κ2) is 5.75.